The smallest absolute Gasteiger partial charge is 0.271 e. The van der Waals surface area contributed by atoms with Gasteiger partial charge in [-0.1, -0.05) is 55.5 Å². The molecule has 5 heteroatoms. The van der Waals surface area contributed by atoms with Crippen LogP contribution in [0, 0.1) is 6.92 Å². The van der Waals surface area contributed by atoms with E-state index in [-0.39, 0.29) is 5.91 Å². The minimum absolute atomic E-state index is 0.213. The first-order valence-electron chi connectivity index (χ1n) is 9.17. The standard InChI is InChI=1S/C22H24N4O/c1-3-18-11-7-8-16(2)21(18)26-20-15-24-19(14-25-20)22(27)23-13-12-17-9-5-4-6-10-17/h4-11,14-15H,3,12-13H2,1-2H3,(H,23,27)(H,25,26). The predicted molar refractivity (Wildman–Crippen MR) is 108 cm³/mol. The van der Waals surface area contributed by atoms with E-state index in [2.05, 4.69) is 46.6 Å². The third-order valence-electron chi connectivity index (χ3n) is 4.42. The number of benzene rings is 2. The van der Waals surface area contributed by atoms with E-state index in [0.717, 1.165) is 24.1 Å². The molecule has 0 atom stereocenters. The molecule has 27 heavy (non-hydrogen) atoms. The van der Waals surface area contributed by atoms with Crippen molar-refractivity contribution in [2.24, 2.45) is 0 Å². The number of amides is 1. The number of hydrogen-bond acceptors (Lipinski definition) is 4. The average molecular weight is 360 g/mol. The topological polar surface area (TPSA) is 66.9 Å². The molecule has 0 aliphatic heterocycles. The van der Waals surface area contributed by atoms with Gasteiger partial charge in [-0.2, -0.15) is 0 Å². The van der Waals surface area contributed by atoms with Gasteiger partial charge in [0.2, 0.25) is 0 Å². The fourth-order valence-electron chi connectivity index (χ4n) is 2.90. The molecule has 0 aliphatic rings. The van der Waals surface area contributed by atoms with Crippen LogP contribution in [0.1, 0.15) is 34.1 Å². The molecule has 138 valence electrons. The Kier molecular flexibility index (Phi) is 6.15. The van der Waals surface area contributed by atoms with Crippen molar-refractivity contribution in [3.05, 3.63) is 83.3 Å². The fraction of sp³-hybridized carbons (Fsp3) is 0.227. The Morgan fingerprint density at radius 1 is 1.00 bits per heavy atom. The molecule has 0 saturated heterocycles. The molecular weight excluding hydrogens is 336 g/mol. The van der Waals surface area contributed by atoms with E-state index in [1.165, 1.54) is 17.3 Å². The van der Waals surface area contributed by atoms with E-state index in [9.17, 15) is 4.79 Å². The van der Waals surface area contributed by atoms with Crippen molar-refractivity contribution in [3.8, 4) is 0 Å². The molecule has 1 amide bonds. The molecule has 0 unspecified atom stereocenters. The summed E-state index contributed by atoms with van der Waals surface area (Å²) in [6.07, 6.45) is 4.81. The van der Waals surface area contributed by atoms with Crippen LogP contribution in [0.3, 0.4) is 0 Å². The van der Waals surface area contributed by atoms with Crippen molar-refractivity contribution in [2.45, 2.75) is 26.7 Å². The molecule has 2 aromatic carbocycles. The molecule has 1 heterocycles. The Morgan fingerprint density at radius 2 is 1.81 bits per heavy atom. The summed E-state index contributed by atoms with van der Waals surface area (Å²) in [7, 11) is 0. The van der Waals surface area contributed by atoms with Gasteiger partial charge in [-0.25, -0.2) is 9.97 Å². The second-order valence-electron chi connectivity index (χ2n) is 6.37. The average Bonchev–Trinajstić information content (AvgIpc) is 2.71. The van der Waals surface area contributed by atoms with Gasteiger partial charge >= 0.3 is 0 Å². The fourth-order valence-corrected chi connectivity index (χ4v) is 2.90. The van der Waals surface area contributed by atoms with Gasteiger partial charge in [-0.15, -0.1) is 0 Å². The number of nitrogens with one attached hydrogen (secondary N) is 2. The molecule has 0 saturated carbocycles. The summed E-state index contributed by atoms with van der Waals surface area (Å²) in [6, 6.07) is 16.3. The van der Waals surface area contributed by atoms with E-state index >= 15 is 0 Å². The summed E-state index contributed by atoms with van der Waals surface area (Å²) in [5.74, 6) is 0.412. The van der Waals surface area contributed by atoms with Gasteiger partial charge in [-0.05, 0) is 36.5 Å². The first-order valence-corrected chi connectivity index (χ1v) is 9.17. The van der Waals surface area contributed by atoms with Crippen molar-refractivity contribution in [3.63, 3.8) is 0 Å². The second kappa shape index (κ2) is 8.94. The first-order chi connectivity index (χ1) is 13.2. The van der Waals surface area contributed by atoms with Crippen LogP contribution in [0.15, 0.2) is 60.9 Å². The van der Waals surface area contributed by atoms with Gasteiger partial charge in [0.15, 0.2) is 0 Å². The van der Waals surface area contributed by atoms with Crippen LogP contribution in [0.5, 0.6) is 0 Å². The zero-order chi connectivity index (χ0) is 19.1. The molecule has 2 N–H and O–H groups in total. The maximum absolute atomic E-state index is 12.2. The molecule has 5 nitrogen and oxygen atoms in total. The van der Waals surface area contributed by atoms with Crippen LogP contribution < -0.4 is 10.6 Å². The zero-order valence-electron chi connectivity index (χ0n) is 15.7. The van der Waals surface area contributed by atoms with Crippen LogP contribution >= 0.6 is 0 Å². The first kappa shape index (κ1) is 18.6. The van der Waals surface area contributed by atoms with Gasteiger partial charge in [0.05, 0.1) is 12.4 Å². The van der Waals surface area contributed by atoms with Gasteiger partial charge < -0.3 is 10.6 Å². The summed E-state index contributed by atoms with van der Waals surface area (Å²) in [5.41, 5.74) is 4.93. The highest BCUT2D eigenvalue weighted by atomic mass is 16.1. The quantitative estimate of drug-likeness (QED) is 0.667. The van der Waals surface area contributed by atoms with Gasteiger partial charge in [0.25, 0.3) is 5.91 Å². The summed E-state index contributed by atoms with van der Waals surface area (Å²) in [5, 5.41) is 6.20. The molecule has 1 aromatic heterocycles. The highest BCUT2D eigenvalue weighted by molar-refractivity contribution is 5.92. The number of para-hydroxylation sites is 1. The minimum atomic E-state index is -0.213. The normalized spacial score (nSPS) is 10.4. The van der Waals surface area contributed by atoms with Gasteiger partial charge in [0.1, 0.15) is 11.5 Å². The second-order valence-corrected chi connectivity index (χ2v) is 6.37. The van der Waals surface area contributed by atoms with Gasteiger partial charge in [-0.3, -0.25) is 4.79 Å². The molecular formula is C22H24N4O. The summed E-state index contributed by atoms with van der Waals surface area (Å²) in [4.78, 5) is 20.8. The number of anilines is 2. The maximum Gasteiger partial charge on any atom is 0.271 e. The summed E-state index contributed by atoms with van der Waals surface area (Å²) in [6.45, 7) is 4.74. The molecule has 0 radical (unpaired) electrons. The predicted octanol–water partition coefficient (Wildman–Crippen LogP) is 4.06. The van der Waals surface area contributed by atoms with E-state index in [0.29, 0.717) is 18.1 Å². The lowest BCUT2D eigenvalue weighted by atomic mass is 10.1. The Bertz CT molecular complexity index is 892. The number of nitrogens with zero attached hydrogens (tertiary/aromatic N) is 2. The van der Waals surface area contributed by atoms with Crippen molar-refractivity contribution in [1.29, 1.82) is 0 Å². The lowest BCUT2D eigenvalue weighted by Crippen LogP contribution is -2.26. The lowest BCUT2D eigenvalue weighted by molar-refractivity contribution is 0.0949. The van der Waals surface area contributed by atoms with Crippen molar-refractivity contribution in [2.75, 3.05) is 11.9 Å². The SMILES string of the molecule is CCc1cccc(C)c1Nc1cnc(C(=O)NCCc2ccccc2)cn1. The Hall–Kier alpha value is -3.21. The lowest BCUT2D eigenvalue weighted by Gasteiger charge is -2.13. The number of carbonyl (C=O) groups is 1. The van der Waals surface area contributed by atoms with Crippen molar-refractivity contribution < 1.29 is 4.79 Å². The third kappa shape index (κ3) is 4.91. The van der Waals surface area contributed by atoms with Crippen LogP contribution in [0.4, 0.5) is 11.5 Å². The largest absolute Gasteiger partial charge is 0.350 e. The number of carbonyl (C=O) groups excluding carboxylic acids is 1. The number of aromatic nitrogens is 2. The Balaban J connectivity index is 1.59. The van der Waals surface area contributed by atoms with Crippen molar-refractivity contribution >= 4 is 17.4 Å². The summed E-state index contributed by atoms with van der Waals surface area (Å²) >= 11 is 0. The zero-order valence-corrected chi connectivity index (χ0v) is 15.7. The molecule has 0 fully saturated rings. The maximum atomic E-state index is 12.2. The monoisotopic (exact) mass is 360 g/mol. The Labute approximate surface area is 159 Å². The number of hydrogen-bond donors (Lipinski definition) is 2. The highest BCUT2D eigenvalue weighted by Crippen LogP contribution is 2.24. The molecule has 3 rings (SSSR count). The van der Waals surface area contributed by atoms with E-state index < -0.39 is 0 Å². The summed E-state index contributed by atoms with van der Waals surface area (Å²) < 4.78 is 0. The van der Waals surface area contributed by atoms with Crippen LogP contribution in [-0.2, 0) is 12.8 Å². The number of aryl methyl sites for hydroxylation is 2. The third-order valence-corrected chi connectivity index (χ3v) is 4.42. The minimum Gasteiger partial charge on any atom is -0.350 e. The molecule has 0 spiro atoms. The van der Waals surface area contributed by atoms with Crippen LogP contribution in [-0.4, -0.2) is 22.4 Å². The number of rotatable bonds is 7. The Morgan fingerprint density at radius 3 is 2.52 bits per heavy atom. The van der Waals surface area contributed by atoms with Gasteiger partial charge in [0, 0.05) is 12.2 Å². The highest BCUT2D eigenvalue weighted by Gasteiger charge is 2.09. The molecule has 0 bridgehead atoms. The van der Waals surface area contributed by atoms with E-state index in [4.69, 9.17) is 0 Å². The van der Waals surface area contributed by atoms with Crippen LogP contribution in [0.2, 0.25) is 0 Å². The van der Waals surface area contributed by atoms with E-state index in [1.54, 1.807) is 6.20 Å². The molecule has 0 aliphatic carbocycles. The van der Waals surface area contributed by atoms with E-state index in [1.807, 2.05) is 36.4 Å². The van der Waals surface area contributed by atoms with Crippen LogP contribution in [0.25, 0.3) is 0 Å². The molecule has 3 aromatic rings. The van der Waals surface area contributed by atoms with Crippen molar-refractivity contribution in [1.82, 2.24) is 15.3 Å².